The Kier molecular flexibility index (Phi) is 5.45. The van der Waals surface area contributed by atoms with Crippen molar-refractivity contribution >= 4 is 23.2 Å². The molecular formula is C16H16Cl2FNO. The summed E-state index contributed by atoms with van der Waals surface area (Å²) in [5.41, 5.74) is 1.65. The number of ether oxygens (including phenoxy) is 1. The van der Waals surface area contributed by atoms with Gasteiger partial charge in [-0.05, 0) is 41.9 Å². The van der Waals surface area contributed by atoms with Crippen molar-refractivity contribution < 1.29 is 9.13 Å². The first-order chi connectivity index (χ1) is 10.1. The molecule has 112 valence electrons. The number of halogens is 3. The summed E-state index contributed by atoms with van der Waals surface area (Å²) < 4.78 is 18.4. The molecule has 2 rings (SSSR count). The number of nitrogens with one attached hydrogen (secondary N) is 1. The van der Waals surface area contributed by atoms with E-state index in [1.54, 1.807) is 19.2 Å². The Labute approximate surface area is 133 Å². The summed E-state index contributed by atoms with van der Waals surface area (Å²) in [5, 5.41) is 4.26. The molecule has 0 fully saturated rings. The first kappa shape index (κ1) is 16.1. The van der Waals surface area contributed by atoms with Crippen LogP contribution >= 0.6 is 23.2 Å². The quantitative estimate of drug-likeness (QED) is 0.848. The summed E-state index contributed by atoms with van der Waals surface area (Å²) in [7, 11) is 1.59. The third kappa shape index (κ3) is 3.67. The monoisotopic (exact) mass is 327 g/mol. The summed E-state index contributed by atoms with van der Waals surface area (Å²) in [6.07, 6.45) is 0. The standard InChI is InChI=1S/C16H16Cl2FNO/c1-3-20-16(12-6-4-10(19)8-14(12)17)13-7-5-11(21-2)9-15(13)18/h4-9,16,20H,3H2,1-2H3. The van der Waals surface area contributed by atoms with Crippen LogP contribution < -0.4 is 10.1 Å². The minimum absolute atomic E-state index is 0.207. The van der Waals surface area contributed by atoms with E-state index in [1.807, 2.05) is 19.1 Å². The molecule has 0 saturated carbocycles. The molecule has 0 aliphatic heterocycles. The molecule has 0 aromatic heterocycles. The second-order valence-electron chi connectivity index (χ2n) is 4.54. The molecule has 2 aromatic carbocycles. The molecule has 0 bridgehead atoms. The van der Waals surface area contributed by atoms with Crippen molar-refractivity contribution in [2.75, 3.05) is 13.7 Å². The zero-order chi connectivity index (χ0) is 15.4. The van der Waals surface area contributed by atoms with Gasteiger partial charge in [0.25, 0.3) is 0 Å². The van der Waals surface area contributed by atoms with E-state index in [2.05, 4.69) is 5.32 Å². The van der Waals surface area contributed by atoms with Crippen molar-refractivity contribution in [3.63, 3.8) is 0 Å². The number of benzene rings is 2. The normalized spacial score (nSPS) is 12.2. The van der Waals surface area contributed by atoms with Gasteiger partial charge in [-0.2, -0.15) is 0 Å². The molecule has 1 atom stereocenters. The highest BCUT2D eigenvalue weighted by Crippen LogP contribution is 2.34. The van der Waals surface area contributed by atoms with Crippen molar-refractivity contribution in [1.29, 1.82) is 0 Å². The van der Waals surface area contributed by atoms with Crippen LogP contribution in [-0.4, -0.2) is 13.7 Å². The maximum Gasteiger partial charge on any atom is 0.124 e. The van der Waals surface area contributed by atoms with Crippen molar-refractivity contribution in [2.24, 2.45) is 0 Å². The lowest BCUT2D eigenvalue weighted by Crippen LogP contribution is -2.22. The summed E-state index contributed by atoms with van der Waals surface area (Å²) in [4.78, 5) is 0. The Morgan fingerprint density at radius 2 is 1.71 bits per heavy atom. The predicted molar refractivity (Wildman–Crippen MR) is 84.9 cm³/mol. The van der Waals surface area contributed by atoms with Gasteiger partial charge in [0.2, 0.25) is 0 Å². The van der Waals surface area contributed by atoms with E-state index >= 15 is 0 Å². The fraction of sp³-hybridized carbons (Fsp3) is 0.250. The van der Waals surface area contributed by atoms with Gasteiger partial charge in [0.05, 0.1) is 13.2 Å². The van der Waals surface area contributed by atoms with Gasteiger partial charge in [-0.25, -0.2) is 4.39 Å². The fourth-order valence-electron chi connectivity index (χ4n) is 2.20. The van der Waals surface area contributed by atoms with E-state index in [4.69, 9.17) is 27.9 Å². The first-order valence-electron chi connectivity index (χ1n) is 6.58. The van der Waals surface area contributed by atoms with Crippen LogP contribution in [0.5, 0.6) is 5.75 Å². The number of hydrogen-bond donors (Lipinski definition) is 1. The smallest absolute Gasteiger partial charge is 0.124 e. The fourth-order valence-corrected chi connectivity index (χ4v) is 2.75. The van der Waals surface area contributed by atoms with Crippen LogP contribution in [-0.2, 0) is 0 Å². The second kappa shape index (κ2) is 7.12. The third-order valence-corrected chi connectivity index (χ3v) is 3.86. The topological polar surface area (TPSA) is 21.3 Å². The lowest BCUT2D eigenvalue weighted by atomic mass is 9.98. The van der Waals surface area contributed by atoms with Gasteiger partial charge < -0.3 is 10.1 Å². The Bertz CT molecular complexity index is 634. The van der Waals surface area contributed by atoms with E-state index in [-0.39, 0.29) is 11.9 Å². The number of hydrogen-bond acceptors (Lipinski definition) is 2. The van der Waals surface area contributed by atoms with Crippen LogP contribution in [0.15, 0.2) is 36.4 Å². The average Bonchev–Trinajstić information content (AvgIpc) is 2.46. The van der Waals surface area contributed by atoms with Crippen LogP contribution in [0.2, 0.25) is 10.0 Å². The molecule has 0 amide bonds. The number of methoxy groups -OCH3 is 1. The minimum Gasteiger partial charge on any atom is -0.497 e. The van der Waals surface area contributed by atoms with Crippen molar-refractivity contribution in [3.8, 4) is 5.75 Å². The van der Waals surface area contributed by atoms with Gasteiger partial charge >= 0.3 is 0 Å². The molecule has 2 nitrogen and oxygen atoms in total. The molecule has 5 heteroatoms. The first-order valence-corrected chi connectivity index (χ1v) is 7.34. The van der Waals surface area contributed by atoms with E-state index in [9.17, 15) is 4.39 Å². The van der Waals surface area contributed by atoms with E-state index in [0.29, 0.717) is 15.8 Å². The van der Waals surface area contributed by atoms with Gasteiger partial charge in [-0.15, -0.1) is 0 Å². The summed E-state index contributed by atoms with van der Waals surface area (Å²) >= 11 is 12.5. The molecule has 0 saturated heterocycles. The highest BCUT2D eigenvalue weighted by molar-refractivity contribution is 6.32. The van der Waals surface area contributed by atoms with E-state index in [1.165, 1.54) is 12.1 Å². The van der Waals surface area contributed by atoms with Gasteiger partial charge in [0.15, 0.2) is 0 Å². The van der Waals surface area contributed by atoms with E-state index in [0.717, 1.165) is 17.7 Å². The molecule has 1 N–H and O–H groups in total. The maximum absolute atomic E-state index is 13.2. The molecule has 1 unspecified atom stereocenters. The van der Waals surface area contributed by atoms with Crippen LogP contribution in [0.3, 0.4) is 0 Å². The third-order valence-electron chi connectivity index (χ3n) is 3.20. The molecule has 0 aliphatic carbocycles. The Hall–Kier alpha value is -1.29. The van der Waals surface area contributed by atoms with Crippen LogP contribution in [0.4, 0.5) is 4.39 Å². The van der Waals surface area contributed by atoms with Crippen LogP contribution in [0.1, 0.15) is 24.1 Å². The van der Waals surface area contributed by atoms with Gasteiger partial charge in [-0.1, -0.05) is 42.3 Å². The second-order valence-corrected chi connectivity index (χ2v) is 5.36. The van der Waals surface area contributed by atoms with E-state index < -0.39 is 0 Å². The minimum atomic E-state index is -0.361. The predicted octanol–water partition coefficient (Wildman–Crippen LogP) is 4.84. The van der Waals surface area contributed by atoms with Crippen molar-refractivity contribution in [1.82, 2.24) is 5.32 Å². The molecule has 0 spiro atoms. The van der Waals surface area contributed by atoms with Crippen molar-refractivity contribution in [3.05, 3.63) is 63.4 Å². The SMILES string of the molecule is CCNC(c1ccc(F)cc1Cl)c1ccc(OC)cc1Cl. The van der Waals surface area contributed by atoms with Crippen LogP contribution in [0, 0.1) is 5.82 Å². The highest BCUT2D eigenvalue weighted by Gasteiger charge is 2.19. The van der Waals surface area contributed by atoms with Gasteiger partial charge in [-0.3, -0.25) is 0 Å². The number of rotatable bonds is 5. The van der Waals surface area contributed by atoms with Gasteiger partial charge in [0, 0.05) is 10.0 Å². The maximum atomic E-state index is 13.2. The highest BCUT2D eigenvalue weighted by atomic mass is 35.5. The molecule has 0 heterocycles. The molecule has 21 heavy (non-hydrogen) atoms. The lowest BCUT2D eigenvalue weighted by Gasteiger charge is -2.21. The molecular weight excluding hydrogens is 312 g/mol. The Morgan fingerprint density at radius 3 is 2.24 bits per heavy atom. The Morgan fingerprint density at radius 1 is 1.10 bits per heavy atom. The lowest BCUT2D eigenvalue weighted by molar-refractivity contribution is 0.414. The largest absolute Gasteiger partial charge is 0.497 e. The zero-order valence-corrected chi connectivity index (χ0v) is 13.3. The molecule has 0 aliphatic rings. The Balaban J connectivity index is 2.48. The summed E-state index contributed by atoms with van der Waals surface area (Å²) in [5.74, 6) is 0.323. The molecule has 2 aromatic rings. The zero-order valence-electron chi connectivity index (χ0n) is 11.8. The average molecular weight is 328 g/mol. The summed E-state index contributed by atoms with van der Waals surface area (Å²) in [6, 6.07) is 9.63. The van der Waals surface area contributed by atoms with Gasteiger partial charge in [0.1, 0.15) is 11.6 Å². The summed E-state index contributed by atoms with van der Waals surface area (Å²) in [6.45, 7) is 2.71. The molecule has 0 radical (unpaired) electrons. The van der Waals surface area contributed by atoms with Crippen LogP contribution in [0.25, 0.3) is 0 Å². The van der Waals surface area contributed by atoms with Crippen molar-refractivity contribution in [2.45, 2.75) is 13.0 Å².